The number of hydrogen-bond acceptors (Lipinski definition) is 3. The largest absolute Gasteiger partial charge is 0.339 e. The van der Waals surface area contributed by atoms with Gasteiger partial charge >= 0.3 is 0 Å². The minimum Gasteiger partial charge on any atom is -0.339 e. The van der Waals surface area contributed by atoms with Gasteiger partial charge in [0.2, 0.25) is 5.91 Å². The first kappa shape index (κ1) is 16.7. The lowest BCUT2D eigenvalue weighted by Crippen LogP contribution is -2.47. The molecule has 0 radical (unpaired) electrons. The molecule has 0 aromatic heterocycles. The van der Waals surface area contributed by atoms with Gasteiger partial charge in [0.25, 0.3) is 0 Å². The van der Waals surface area contributed by atoms with Crippen LogP contribution in [0.25, 0.3) is 0 Å². The predicted molar refractivity (Wildman–Crippen MR) is 80.5 cm³/mol. The molecule has 5 heteroatoms. The molecule has 0 saturated carbocycles. The Balaban J connectivity index is 0.00000180. The lowest BCUT2D eigenvalue weighted by molar-refractivity contribution is -0.135. The molecule has 4 nitrogen and oxygen atoms in total. The highest BCUT2D eigenvalue weighted by Gasteiger charge is 2.34. The average molecular weight is 290 g/mol. The first-order valence-electron chi connectivity index (χ1n) is 7.26. The van der Waals surface area contributed by atoms with Gasteiger partial charge in [-0.1, -0.05) is 6.92 Å². The Morgan fingerprint density at radius 1 is 1.37 bits per heavy atom. The fourth-order valence-electron chi connectivity index (χ4n) is 3.18. The molecule has 2 heterocycles. The average Bonchev–Trinajstić information content (AvgIpc) is 2.72. The minimum absolute atomic E-state index is 0. The number of halogens is 1. The number of likely N-dealkylation sites (tertiary alicyclic amines) is 2. The van der Waals surface area contributed by atoms with Crippen LogP contribution in [0.2, 0.25) is 0 Å². The third kappa shape index (κ3) is 4.07. The predicted octanol–water partition coefficient (Wildman–Crippen LogP) is 1.48. The molecule has 0 aliphatic carbocycles. The fraction of sp³-hybridized carbons (Fsp3) is 0.929. The summed E-state index contributed by atoms with van der Waals surface area (Å²) in [5, 5.41) is 0. The molecule has 0 spiro atoms. The maximum atomic E-state index is 12.3. The summed E-state index contributed by atoms with van der Waals surface area (Å²) >= 11 is 0. The van der Waals surface area contributed by atoms with Gasteiger partial charge in [-0.3, -0.25) is 9.69 Å². The summed E-state index contributed by atoms with van der Waals surface area (Å²) in [5.41, 5.74) is 6.02. The highest BCUT2D eigenvalue weighted by atomic mass is 35.5. The molecule has 19 heavy (non-hydrogen) atoms. The van der Waals surface area contributed by atoms with Crippen LogP contribution in [0.1, 0.15) is 39.5 Å². The van der Waals surface area contributed by atoms with Crippen LogP contribution >= 0.6 is 12.4 Å². The van der Waals surface area contributed by atoms with Gasteiger partial charge in [-0.05, 0) is 51.1 Å². The molecule has 1 amide bonds. The molecule has 112 valence electrons. The Labute approximate surface area is 123 Å². The monoisotopic (exact) mass is 289 g/mol. The second-order valence-corrected chi connectivity index (χ2v) is 6.41. The van der Waals surface area contributed by atoms with Gasteiger partial charge in [0.05, 0.1) is 6.54 Å². The number of amides is 1. The van der Waals surface area contributed by atoms with Crippen LogP contribution < -0.4 is 5.73 Å². The molecule has 2 saturated heterocycles. The summed E-state index contributed by atoms with van der Waals surface area (Å²) in [4.78, 5) is 16.7. The van der Waals surface area contributed by atoms with Gasteiger partial charge in [-0.25, -0.2) is 0 Å². The molecule has 2 rings (SSSR count). The molecular weight excluding hydrogens is 262 g/mol. The van der Waals surface area contributed by atoms with Crippen LogP contribution in [0.3, 0.4) is 0 Å². The van der Waals surface area contributed by atoms with Gasteiger partial charge in [0, 0.05) is 19.1 Å². The van der Waals surface area contributed by atoms with E-state index in [2.05, 4.69) is 23.6 Å². The highest BCUT2D eigenvalue weighted by molar-refractivity contribution is 5.85. The topological polar surface area (TPSA) is 49.6 Å². The van der Waals surface area contributed by atoms with E-state index in [1.165, 1.54) is 6.42 Å². The van der Waals surface area contributed by atoms with E-state index in [0.29, 0.717) is 18.5 Å². The zero-order valence-corrected chi connectivity index (χ0v) is 13.0. The van der Waals surface area contributed by atoms with Crippen molar-refractivity contribution in [2.24, 2.45) is 11.1 Å². The zero-order valence-electron chi connectivity index (χ0n) is 12.2. The molecular formula is C14H28ClN3O. The van der Waals surface area contributed by atoms with Crippen molar-refractivity contribution in [2.75, 3.05) is 32.7 Å². The summed E-state index contributed by atoms with van der Waals surface area (Å²) in [7, 11) is 0. The maximum absolute atomic E-state index is 12.3. The number of nitrogens with two attached hydrogens (primary N) is 1. The number of rotatable bonds is 3. The standard InChI is InChI=1S/C14H27N3O.ClH/c1-12-5-3-4-7-17(12)13(18)9-16-8-6-14(2,10-15)11-16;/h12H,3-11,15H2,1-2H3;1H. The van der Waals surface area contributed by atoms with Crippen molar-refractivity contribution in [1.82, 2.24) is 9.80 Å². The number of hydrogen-bond donors (Lipinski definition) is 1. The SMILES string of the molecule is CC1CCCCN1C(=O)CN1CCC(C)(CN)C1.Cl. The van der Waals surface area contributed by atoms with E-state index in [1.807, 2.05) is 0 Å². The smallest absolute Gasteiger partial charge is 0.236 e. The molecule has 2 unspecified atom stereocenters. The summed E-state index contributed by atoms with van der Waals surface area (Å²) in [6.07, 6.45) is 4.70. The minimum atomic E-state index is 0. The van der Waals surface area contributed by atoms with Crippen LogP contribution in [0, 0.1) is 5.41 Å². The summed E-state index contributed by atoms with van der Waals surface area (Å²) in [6.45, 7) is 8.63. The van der Waals surface area contributed by atoms with E-state index in [0.717, 1.165) is 45.4 Å². The lowest BCUT2D eigenvalue weighted by atomic mass is 9.90. The second-order valence-electron chi connectivity index (χ2n) is 6.41. The lowest BCUT2D eigenvalue weighted by Gasteiger charge is -2.34. The Morgan fingerprint density at radius 3 is 2.68 bits per heavy atom. The van der Waals surface area contributed by atoms with Crippen molar-refractivity contribution in [1.29, 1.82) is 0 Å². The second kappa shape index (κ2) is 6.91. The zero-order chi connectivity index (χ0) is 13.2. The van der Waals surface area contributed by atoms with Gasteiger partial charge in [0.1, 0.15) is 0 Å². The van der Waals surface area contributed by atoms with E-state index in [1.54, 1.807) is 0 Å². The van der Waals surface area contributed by atoms with E-state index in [-0.39, 0.29) is 17.8 Å². The van der Waals surface area contributed by atoms with E-state index in [4.69, 9.17) is 5.73 Å². The molecule has 2 N–H and O–H groups in total. The van der Waals surface area contributed by atoms with Crippen LogP contribution in [0.4, 0.5) is 0 Å². The first-order chi connectivity index (χ1) is 8.54. The van der Waals surface area contributed by atoms with E-state index < -0.39 is 0 Å². The summed E-state index contributed by atoms with van der Waals surface area (Å²) < 4.78 is 0. The van der Waals surface area contributed by atoms with Crippen molar-refractivity contribution < 1.29 is 4.79 Å². The van der Waals surface area contributed by atoms with Crippen LogP contribution in [0.15, 0.2) is 0 Å². The maximum Gasteiger partial charge on any atom is 0.236 e. The van der Waals surface area contributed by atoms with Gasteiger partial charge in [-0.15, -0.1) is 12.4 Å². The molecule has 2 fully saturated rings. The van der Waals surface area contributed by atoms with Crippen LogP contribution in [0.5, 0.6) is 0 Å². The Kier molecular flexibility index (Phi) is 6.09. The van der Waals surface area contributed by atoms with Gasteiger partial charge in [0.15, 0.2) is 0 Å². The number of nitrogens with zero attached hydrogens (tertiary/aromatic N) is 2. The van der Waals surface area contributed by atoms with Crippen molar-refractivity contribution in [3.63, 3.8) is 0 Å². The first-order valence-corrected chi connectivity index (χ1v) is 7.26. The number of piperidine rings is 1. The van der Waals surface area contributed by atoms with E-state index in [9.17, 15) is 4.79 Å². The molecule has 2 aliphatic heterocycles. The molecule has 0 bridgehead atoms. The van der Waals surface area contributed by atoms with Crippen molar-refractivity contribution in [2.45, 2.75) is 45.6 Å². The quantitative estimate of drug-likeness (QED) is 0.856. The molecule has 0 aromatic carbocycles. The number of carbonyl (C=O) groups excluding carboxylic acids is 1. The molecule has 0 aromatic rings. The van der Waals surface area contributed by atoms with Crippen molar-refractivity contribution in [3.05, 3.63) is 0 Å². The third-order valence-electron chi connectivity index (χ3n) is 4.61. The third-order valence-corrected chi connectivity index (χ3v) is 4.61. The summed E-state index contributed by atoms with van der Waals surface area (Å²) in [6, 6.07) is 0.426. The van der Waals surface area contributed by atoms with Crippen molar-refractivity contribution in [3.8, 4) is 0 Å². The molecule has 2 aliphatic rings. The molecule has 2 atom stereocenters. The Hall–Kier alpha value is -0.320. The Bertz CT molecular complexity index is 313. The van der Waals surface area contributed by atoms with Gasteiger partial charge in [-0.2, -0.15) is 0 Å². The fourth-order valence-corrected chi connectivity index (χ4v) is 3.18. The van der Waals surface area contributed by atoms with Gasteiger partial charge < -0.3 is 10.6 Å². The van der Waals surface area contributed by atoms with Crippen LogP contribution in [-0.4, -0.2) is 54.5 Å². The summed E-state index contributed by atoms with van der Waals surface area (Å²) in [5.74, 6) is 0.309. The normalized spacial score (nSPS) is 32.2. The van der Waals surface area contributed by atoms with E-state index >= 15 is 0 Å². The highest BCUT2D eigenvalue weighted by Crippen LogP contribution is 2.28. The van der Waals surface area contributed by atoms with Crippen molar-refractivity contribution >= 4 is 18.3 Å². The Morgan fingerprint density at radius 2 is 2.11 bits per heavy atom. The number of carbonyl (C=O) groups is 1. The van der Waals surface area contributed by atoms with Crippen LogP contribution in [-0.2, 0) is 4.79 Å².